The number of piperazine rings is 1. The van der Waals surface area contributed by atoms with Gasteiger partial charge in [0.1, 0.15) is 0 Å². The van der Waals surface area contributed by atoms with E-state index in [0.717, 1.165) is 5.56 Å². The molecule has 0 unspecified atom stereocenters. The maximum Gasteiger partial charge on any atom is 0.240 e. The highest BCUT2D eigenvalue weighted by molar-refractivity contribution is 5.88. The minimum Gasteiger partial charge on any atom is -0.336 e. The molecule has 1 aromatic rings. The van der Waals surface area contributed by atoms with E-state index in [1.165, 1.54) is 0 Å². The lowest BCUT2D eigenvalue weighted by Gasteiger charge is -2.33. The lowest BCUT2D eigenvalue weighted by Crippen LogP contribution is -2.56. The fourth-order valence-corrected chi connectivity index (χ4v) is 2.16. The second-order valence-corrected chi connectivity index (χ2v) is 4.52. The average Bonchev–Trinajstić information content (AvgIpc) is 2.44. The summed E-state index contributed by atoms with van der Waals surface area (Å²) in [5.41, 5.74) is 3.13. The predicted octanol–water partition coefficient (Wildman–Crippen LogP) is -0.633. The largest absolute Gasteiger partial charge is 0.336 e. The minimum atomic E-state index is -0.485. The van der Waals surface area contributed by atoms with Gasteiger partial charge in [-0.05, 0) is 5.56 Å². The van der Waals surface area contributed by atoms with Crippen LogP contribution in [0.2, 0.25) is 0 Å². The van der Waals surface area contributed by atoms with Crippen LogP contribution in [0.25, 0.3) is 0 Å². The third-order valence-electron chi connectivity index (χ3n) is 3.15. The molecule has 1 atom stereocenters. The number of benzene rings is 1. The van der Waals surface area contributed by atoms with E-state index in [9.17, 15) is 9.59 Å². The van der Waals surface area contributed by atoms with Gasteiger partial charge in [-0.15, -0.1) is 0 Å². The summed E-state index contributed by atoms with van der Waals surface area (Å²) >= 11 is 0. The van der Waals surface area contributed by atoms with E-state index < -0.39 is 6.04 Å². The molecule has 102 valence electrons. The molecule has 1 aliphatic rings. The topological polar surface area (TPSA) is 87.5 Å². The number of carbonyl (C=O) groups is 2. The summed E-state index contributed by atoms with van der Waals surface area (Å²) in [4.78, 5) is 25.2. The highest BCUT2D eigenvalue weighted by Crippen LogP contribution is 2.10. The molecule has 6 heteroatoms. The third-order valence-corrected chi connectivity index (χ3v) is 3.15. The van der Waals surface area contributed by atoms with Crippen LogP contribution in [0.3, 0.4) is 0 Å². The number of nitrogens with two attached hydrogens (primary N) is 1. The highest BCUT2D eigenvalue weighted by atomic mass is 16.2. The summed E-state index contributed by atoms with van der Waals surface area (Å²) in [5, 5.41) is 3.04. The number of amides is 2. The van der Waals surface area contributed by atoms with E-state index in [2.05, 4.69) is 5.32 Å². The van der Waals surface area contributed by atoms with E-state index in [1.54, 1.807) is 4.90 Å². The summed E-state index contributed by atoms with van der Waals surface area (Å²) in [6.45, 7) is 1.90. The summed E-state index contributed by atoms with van der Waals surface area (Å²) < 4.78 is 0. The molecule has 0 spiro atoms. The Balaban J connectivity index is 1.98. The Morgan fingerprint density at radius 2 is 2.16 bits per heavy atom. The van der Waals surface area contributed by atoms with Crippen LogP contribution in [-0.4, -0.2) is 35.8 Å². The van der Waals surface area contributed by atoms with Gasteiger partial charge >= 0.3 is 0 Å². The van der Waals surface area contributed by atoms with Crippen molar-refractivity contribution in [1.82, 2.24) is 15.6 Å². The molecule has 19 heavy (non-hydrogen) atoms. The van der Waals surface area contributed by atoms with Crippen LogP contribution in [0, 0.1) is 0 Å². The van der Waals surface area contributed by atoms with Gasteiger partial charge < -0.3 is 10.2 Å². The molecule has 0 saturated carbocycles. The summed E-state index contributed by atoms with van der Waals surface area (Å²) in [6.07, 6.45) is 0.0701. The van der Waals surface area contributed by atoms with Gasteiger partial charge in [-0.2, -0.15) is 0 Å². The van der Waals surface area contributed by atoms with Gasteiger partial charge in [-0.25, -0.2) is 5.84 Å². The van der Waals surface area contributed by atoms with Crippen LogP contribution in [0.4, 0.5) is 0 Å². The SMILES string of the molecule is NNC(=O)C[C@H]1NCCN(Cc2ccccc2)C1=O. The van der Waals surface area contributed by atoms with Crippen LogP contribution in [0.1, 0.15) is 12.0 Å². The van der Waals surface area contributed by atoms with Gasteiger partial charge in [0, 0.05) is 19.6 Å². The number of hydrogen-bond donors (Lipinski definition) is 3. The van der Waals surface area contributed by atoms with Crippen molar-refractivity contribution in [3.63, 3.8) is 0 Å². The maximum atomic E-state index is 12.2. The Labute approximate surface area is 111 Å². The first kappa shape index (κ1) is 13.5. The molecule has 6 nitrogen and oxygen atoms in total. The number of nitrogens with one attached hydrogen (secondary N) is 2. The monoisotopic (exact) mass is 262 g/mol. The van der Waals surface area contributed by atoms with Crippen molar-refractivity contribution in [2.24, 2.45) is 5.84 Å². The van der Waals surface area contributed by atoms with Gasteiger partial charge in [0.2, 0.25) is 11.8 Å². The molecule has 0 aliphatic carbocycles. The number of rotatable bonds is 4. The standard InChI is InChI=1S/C13H18N4O2/c14-16-12(18)8-11-13(19)17(7-6-15-11)9-10-4-2-1-3-5-10/h1-5,11,15H,6-9,14H2,(H,16,18)/t11-/m1/s1. The van der Waals surface area contributed by atoms with Gasteiger partial charge in [0.05, 0.1) is 12.5 Å². The fourth-order valence-electron chi connectivity index (χ4n) is 2.16. The van der Waals surface area contributed by atoms with E-state index in [0.29, 0.717) is 19.6 Å². The Hall–Kier alpha value is -1.92. The van der Waals surface area contributed by atoms with Crippen LogP contribution < -0.4 is 16.6 Å². The first-order valence-corrected chi connectivity index (χ1v) is 6.26. The van der Waals surface area contributed by atoms with Crippen molar-refractivity contribution < 1.29 is 9.59 Å². The fraction of sp³-hybridized carbons (Fsp3) is 0.385. The van der Waals surface area contributed by atoms with Crippen LogP contribution in [-0.2, 0) is 16.1 Å². The molecule has 0 aromatic heterocycles. The van der Waals surface area contributed by atoms with Gasteiger partial charge in [0.25, 0.3) is 0 Å². The minimum absolute atomic E-state index is 0.0568. The average molecular weight is 262 g/mol. The Kier molecular flexibility index (Phi) is 4.48. The number of carbonyl (C=O) groups excluding carboxylic acids is 2. The molecule has 1 saturated heterocycles. The quantitative estimate of drug-likeness (QED) is 0.383. The molecule has 2 rings (SSSR count). The molecule has 1 aromatic carbocycles. The lowest BCUT2D eigenvalue weighted by atomic mass is 10.1. The second-order valence-electron chi connectivity index (χ2n) is 4.52. The number of hydrazine groups is 1. The van der Waals surface area contributed by atoms with Crippen LogP contribution >= 0.6 is 0 Å². The predicted molar refractivity (Wildman–Crippen MR) is 70.6 cm³/mol. The smallest absolute Gasteiger partial charge is 0.240 e. The van der Waals surface area contributed by atoms with Crippen molar-refractivity contribution >= 4 is 11.8 Å². The van der Waals surface area contributed by atoms with Crippen molar-refractivity contribution in [3.8, 4) is 0 Å². The van der Waals surface area contributed by atoms with Crippen molar-refractivity contribution in [2.45, 2.75) is 19.0 Å². The van der Waals surface area contributed by atoms with Crippen LogP contribution in [0.15, 0.2) is 30.3 Å². The zero-order valence-electron chi connectivity index (χ0n) is 10.6. The zero-order valence-corrected chi connectivity index (χ0v) is 10.6. The van der Waals surface area contributed by atoms with Gasteiger partial charge in [0.15, 0.2) is 0 Å². The van der Waals surface area contributed by atoms with E-state index in [1.807, 2.05) is 35.8 Å². The molecule has 1 heterocycles. The summed E-state index contributed by atoms with van der Waals surface area (Å²) in [7, 11) is 0. The molecule has 2 amide bonds. The Morgan fingerprint density at radius 3 is 2.84 bits per heavy atom. The highest BCUT2D eigenvalue weighted by Gasteiger charge is 2.29. The molecule has 0 bridgehead atoms. The normalized spacial score (nSPS) is 19.3. The first-order chi connectivity index (χ1) is 9.20. The second kappa shape index (κ2) is 6.31. The molecule has 4 N–H and O–H groups in total. The summed E-state index contributed by atoms with van der Waals surface area (Å²) in [5.74, 6) is 4.64. The van der Waals surface area contributed by atoms with Gasteiger partial charge in [-0.1, -0.05) is 30.3 Å². The third kappa shape index (κ3) is 3.52. The lowest BCUT2D eigenvalue weighted by molar-refractivity contribution is -0.138. The van der Waals surface area contributed by atoms with Crippen LogP contribution in [0.5, 0.6) is 0 Å². The van der Waals surface area contributed by atoms with E-state index in [-0.39, 0.29) is 18.2 Å². The molecule has 0 radical (unpaired) electrons. The number of hydrogen-bond acceptors (Lipinski definition) is 4. The number of nitrogens with zero attached hydrogens (tertiary/aromatic N) is 1. The first-order valence-electron chi connectivity index (χ1n) is 6.26. The maximum absolute atomic E-state index is 12.2. The molecular formula is C13H18N4O2. The molecule has 1 aliphatic heterocycles. The van der Waals surface area contributed by atoms with E-state index >= 15 is 0 Å². The molecular weight excluding hydrogens is 244 g/mol. The Morgan fingerprint density at radius 1 is 1.42 bits per heavy atom. The summed E-state index contributed by atoms with van der Waals surface area (Å²) in [6, 6.07) is 9.31. The Bertz CT molecular complexity index is 449. The zero-order chi connectivity index (χ0) is 13.7. The molecule has 1 fully saturated rings. The van der Waals surface area contributed by atoms with Gasteiger partial charge in [-0.3, -0.25) is 15.0 Å². The van der Waals surface area contributed by atoms with Crippen molar-refractivity contribution in [2.75, 3.05) is 13.1 Å². The van der Waals surface area contributed by atoms with Crippen molar-refractivity contribution in [3.05, 3.63) is 35.9 Å². The van der Waals surface area contributed by atoms with E-state index in [4.69, 9.17) is 5.84 Å². The van der Waals surface area contributed by atoms with Crippen molar-refractivity contribution in [1.29, 1.82) is 0 Å².